The van der Waals surface area contributed by atoms with E-state index in [4.69, 9.17) is 14.5 Å². The minimum Gasteiger partial charge on any atom is -0.359 e. The van der Waals surface area contributed by atoms with Crippen molar-refractivity contribution in [1.82, 2.24) is 25.3 Å². The molecule has 1 amide bonds. The fourth-order valence-corrected chi connectivity index (χ4v) is 3.85. The number of benzene rings is 1. The number of nitrogens with one attached hydrogen (secondary N) is 3. The summed E-state index contributed by atoms with van der Waals surface area (Å²) in [6.07, 6.45) is 3.37. The maximum absolute atomic E-state index is 13.6. The van der Waals surface area contributed by atoms with Crippen LogP contribution >= 0.6 is 0 Å². The standard InChI is InChI=1S/C24H27FN6O3/c1-24(22(32)26-2)12-33-21(34-13-24)20-30-18(15-5-7-16(25)8-6-15)19(31-20)17-9-10-27-23(29-17)28-11-14-3-4-14/h5-10,14,21H,3-4,11-13H2,1-2H3,(H,26,32)(H,30,31)(H,27,28,29). The van der Waals surface area contributed by atoms with Crippen LogP contribution in [0.2, 0.25) is 0 Å². The number of carbonyl (C=O) groups is 1. The zero-order valence-corrected chi connectivity index (χ0v) is 19.1. The molecule has 2 aliphatic rings. The van der Waals surface area contributed by atoms with Gasteiger partial charge in [0.15, 0.2) is 5.82 Å². The molecule has 9 nitrogen and oxygen atoms in total. The van der Waals surface area contributed by atoms with Crippen molar-refractivity contribution in [3.63, 3.8) is 0 Å². The number of rotatable bonds is 7. The molecule has 10 heteroatoms. The number of anilines is 1. The van der Waals surface area contributed by atoms with Crippen LogP contribution in [0, 0.1) is 17.2 Å². The Hall–Kier alpha value is -3.37. The fraction of sp³-hybridized carbons (Fsp3) is 0.417. The van der Waals surface area contributed by atoms with Crippen molar-refractivity contribution in [2.75, 3.05) is 32.1 Å². The van der Waals surface area contributed by atoms with Crippen LogP contribution in [0.25, 0.3) is 22.6 Å². The Balaban J connectivity index is 1.46. The van der Waals surface area contributed by atoms with Crippen LogP contribution < -0.4 is 10.6 Å². The molecular formula is C24H27FN6O3. The average molecular weight is 467 g/mol. The number of carbonyl (C=O) groups excluding carboxylic acids is 1. The number of halogens is 1. The quantitative estimate of drug-likeness (QED) is 0.490. The van der Waals surface area contributed by atoms with Crippen molar-refractivity contribution in [2.24, 2.45) is 11.3 Å². The number of aromatic amines is 1. The Bertz CT molecular complexity index is 1170. The molecular weight excluding hydrogens is 439 g/mol. The average Bonchev–Trinajstić information content (AvgIpc) is 3.59. The van der Waals surface area contributed by atoms with Crippen LogP contribution in [0.5, 0.6) is 0 Å². The van der Waals surface area contributed by atoms with E-state index >= 15 is 0 Å². The first-order chi connectivity index (χ1) is 16.4. The number of imidazole rings is 1. The summed E-state index contributed by atoms with van der Waals surface area (Å²) in [5.41, 5.74) is 1.81. The molecule has 1 saturated carbocycles. The van der Waals surface area contributed by atoms with Gasteiger partial charge in [0.1, 0.15) is 5.82 Å². The molecule has 34 heavy (non-hydrogen) atoms. The number of aromatic nitrogens is 4. The number of ether oxygens (including phenoxy) is 2. The van der Waals surface area contributed by atoms with Crippen molar-refractivity contribution in [2.45, 2.75) is 26.1 Å². The molecule has 2 fully saturated rings. The molecule has 3 heterocycles. The lowest BCUT2D eigenvalue weighted by atomic mass is 9.91. The lowest BCUT2D eigenvalue weighted by molar-refractivity contribution is -0.230. The highest BCUT2D eigenvalue weighted by Gasteiger charge is 2.40. The lowest BCUT2D eigenvalue weighted by Crippen LogP contribution is -2.47. The summed E-state index contributed by atoms with van der Waals surface area (Å²) in [6, 6.07) is 7.89. The molecule has 3 aromatic rings. The Kier molecular flexibility index (Phi) is 6.01. The van der Waals surface area contributed by atoms with Crippen LogP contribution in [0.3, 0.4) is 0 Å². The third kappa shape index (κ3) is 4.64. The minimum absolute atomic E-state index is 0.148. The molecule has 0 spiro atoms. The summed E-state index contributed by atoms with van der Waals surface area (Å²) in [5.74, 6) is 1.19. The van der Waals surface area contributed by atoms with Gasteiger partial charge in [-0.25, -0.2) is 19.3 Å². The molecule has 1 saturated heterocycles. The first-order valence-electron chi connectivity index (χ1n) is 11.3. The molecule has 178 valence electrons. The van der Waals surface area contributed by atoms with Crippen LogP contribution in [0.4, 0.5) is 10.3 Å². The van der Waals surface area contributed by atoms with Crippen molar-refractivity contribution < 1.29 is 18.7 Å². The Morgan fingerprint density at radius 1 is 1.18 bits per heavy atom. The zero-order chi connectivity index (χ0) is 23.7. The highest BCUT2D eigenvalue weighted by Crippen LogP contribution is 2.35. The lowest BCUT2D eigenvalue weighted by Gasteiger charge is -2.34. The predicted octanol–water partition coefficient (Wildman–Crippen LogP) is 3.29. The van der Waals surface area contributed by atoms with Gasteiger partial charge in [0.25, 0.3) is 0 Å². The van der Waals surface area contributed by atoms with Crippen molar-refractivity contribution in [3.05, 3.63) is 48.2 Å². The number of H-pyrrole nitrogens is 1. The van der Waals surface area contributed by atoms with Crippen molar-refractivity contribution >= 4 is 11.9 Å². The number of amides is 1. The molecule has 1 aromatic carbocycles. The SMILES string of the molecule is CNC(=O)C1(C)COC(c2nc(-c3ccc(F)cc3)c(-c3ccnc(NCC4CC4)n3)[nH]2)OC1. The van der Waals surface area contributed by atoms with Crippen LogP contribution in [-0.2, 0) is 14.3 Å². The molecule has 0 bridgehead atoms. The summed E-state index contributed by atoms with van der Waals surface area (Å²) in [7, 11) is 1.59. The summed E-state index contributed by atoms with van der Waals surface area (Å²) in [4.78, 5) is 29.2. The van der Waals surface area contributed by atoms with E-state index in [-0.39, 0.29) is 24.9 Å². The zero-order valence-electron chi connectivity index (χ0n) is 19.1. The largest absolute Gasteiger partial charge is 0.359 e. The molecule has 1 aliphatic carbocycles. The van der Waals surface area contributed by atoms with Gasteiger partial charge in [0.2, 0.25) is 18.1 Å². The van der Waals surface area contributed by atoms with E-state index in [1.807, 2.05) is 0 Å². The predicted molar refractivity (Wildman–Crippen MR) is 123 cm³/mol. The van der Waals surface area contributed by atoms with Gasteiger partial charge in [0, 0.05) is 25.4 Å². The van der Waals surface area contributed by atoms with Crippen LogP contribution in [0.1, 0.15) is 31.9 Å². The smallest absolute Gasteiger partial charge is 0.230 e. The minimum atomic E-state index is -0.782. The summed E-state index contributed by atoms with van der Waals surface area (Å²) in [5, 5.41) is 5.93. The maximum atomic E-state index is 13.6. The third-order valence-corrected chi connectivity index (χ3v) is 6.10. The van der Waals surface area contributed by atoms with Gasteiger partial charge in [-0.2, -0.15) is 0 Å². The second kappa shape index (κ2) is 9.11. The van der Waals surface area contributed by atoms with E-state index in [0.717, 1.165) is 12.1 Å². The molecule has 5 rings (SSSR count). The Morgan fingerprint density at radius 3 is 2.59 bits per heavy atom. The number of hydrogen-bond donors (Lipinski definition) is 3. The number of hydrogen-bond acceptors (Lipinski definition) is 7. The fourth-order valence-electron chi connectivity index (χ4n) is 3.85. The summed E-state index contributed by atoms with van der Waals surface area (Å²) >= 11 is 0. The summed E-state index contributed by atoms with van der Waals surface area (Å²) < 4.78 is 25.3. The van der Waals surface area contributed by atoms with Crippen molar-refractivity contribution in [3.8, 4) is 22.6 Å². The maximum Gasteiger partial charge on any atom is 0.230 e. The van der Waals surface area contributed by atoms with Crippen LogP contribution in [0.15, 0.2) is 36.5 Å². The van der Waals surface area contributed by atoms with Gasteiger partial charge in [-0.3, -0.25) is 4.79 Å². The number of nitrogens with zero attached hydrogens (tertiary/aromatic N) is 3. The van der Waals surface area contributed by atoms with Gasteiger partial charge < -0.3 is 25.1 Å². The van der Waals surface area contributed by atoms with E-state index in [9.17, 15) is 9.18 Å². The molecule has 1 aliphatic heterocycles. The molecule has 3 N–H and O–H groups in total. The third-order valence-electron chi connectivity index (χ3n) is 6.10. The highest BCUT2D eigenvalue weighted by atomic mass is 19.1. The first kappa shape index (κ1) is 22.4. The second-order valence-corrected chi connectivity index (χ2v) is 9.04. The Labute approximate surface area is 196 Å². The summed E-state index contributed by atoms with van der Waals surface area (Å²) in [6.45, 7) is 3.00. The van der Waals surface area contributed by atoms with E-state index in [1.54, 1.807) is 38.4 Å². The van der Waals surface area contributed by atoms with Gasteiger partial charge >= 0.3 is 0 Å². The van der Waals surface area contributed by atoms with Crippen LogP contribution in [-0.4, -0.2) is 52.6 Å². The van der Waals surface area contributed by atoms with Gasteiger partial charge in [0.05, 0.1) is 35.7 Å². The van der Waals surface area contributed by atoms with E-state index in [0.29, 0.717) is 34.8 Å². The van der Waals surface area contributed by atoms with Crippen molar-refractivity contribution in [1.29, 1.82) is 0 Å². The highest BCUT2D eigenvalue weighted by molar-refractivity contribution is 5.82. The van der Waals surface area contributed by atoms with Gasteiger partial charge in [-0.05, 0) is 56.0 Å². The topological polar surface area (TPSA) is 114 Å². The molecule has 0 atom stereocenters. The van der Waals surface area contributed by atoms with E-state index < -0.39 is 11.7 Å². The first-order valence-corrected chi connectivity index (χ1v) is 11.3. The van der Waals surface area contributed by atoms with Gasteiger partial charge in [-0.15, -0.1) is 0 Å². The van der Waals surface area contributed by atoms with E-state index in [1.165, 1.54) is 25.0 Å². The molecule has 0 unspecified atom stereocenters. The second-order valence-electron chi connectivity index (χ2n) is 9.04. The monoisotopic (exact) mass is 466 g/mol. The Morgan fingerprint density at radius 2 is 1.91 bits per heavy atom. The molecule has 2 aromatic heterocycles. The molecule has 0 radical (unpaired) electrons. The normalized spacial score (nSPS) is 22.4. The van der Waals surface area contributed by atoms with Gasteiger partial charge in [-0.1, -0.05) is 0 Å². The van der Waals surface area contributed by atoms with E-state index in [2.05, 4.69) is 25.6 Å².